The summed E-state index contributed by atoms with van der Waals surface area (Å²) in [5.74, 6) is 0. The Hall–Kier alpha value is -1.45. The van der Waals surface area contributed by atoms with Crippen LogP contribution < -0.4 is 0 Å². The molecule has 1 atom stereocenters. The average Bonchev–Trinajstić information content (AvgIpc) is 2.78. The van der Waals surface area contributed by atoms with Gasteiger partial charge >= 0.3 is 0 Å². The van der Waals surface area contributed by atoms with E-state index in [4.69, 9.17) is 0 Å². The molecule has 0 bridgehead atoms. The van der Waals surface area contributed by atoms with Crippen molar-refractivity contribution >= 4 is 11.3 Å². The Labute approximate surface area is 92.5 Å². The third-order valence-corrected chi connectivity index (χ3v) is 3.18. The highest BCUT2D eigenvalue weighted by Gasteiger charge is 2.08. The van der Waals surface area contributed by atoms with Crippen LogP contribution in [0.5, 0.6) is 0 Å². The molecule has 1 unspecified atom stereocenters. The van der Waals surface area contributed by atoms with Gasteiger partial charge in [-0.2, -0.15) is 0 Å². The van der Waals surface area contributed by atoms with Crippen molar-refractivity contribution in [2.24, 2.45) is 0 Å². The van der Waals surface area contributed by atoms with Gasteiger partial charge in [0.25, 0.3) is 0 Å². The summed E-state index contributed by atoms with van der Waals surface area (Å²) >= 11 is 1.49. The smallest absolute Gasteiger partial charge is 0.123 e. The minimum atomic E-state index is -0.611. The summed E-state index contributed by atoms with van der Waals surface area (Å²) in [6, 6.07) is 9.92. The summed E-state index contributed by atoms with van der Waals surface area (Å²) in [5, 5.41) is 10.5. The van der Waals surface area contributed by atoms with Gasteiger partial charge in [0, 0.05) is 11.8 Å². The van der Waals surface area contributed by atoms with Crippen molar-refractivity contribution in [2.45, 2.75) is 6.10 Å². The molecule has 0 aliphatic heterocycles. The Balaban J connectivity index is 2.32. The topological polar surface area (TPSA) is 33.1 Å². The van der Waals surface area contributed by atoms with E-state index in [1.54, 1.807) is 6.20 Å². The number of thiazole rings is 1. The normalized spacial score (nSPS) is 12.3. The van der Waals surface area contributed by atoms with Crippen molar-refractivity contribution in [3.05, 3.63) is 54.1 Å². The van der Waals surface area contributed by atoms with Crippen LogP contribution in [0.2, 0.25) is 0 Å². The summed E-state index contributed by atoms with van der Waals surface area (Å²) in [7, 11) is 0. The van der Waals surface area contributed by atoms with Gasteiger partial charge in [0.15, 0.2) is 0 Å². The predicted molar refractivity (Wildman–Crippen MR) is 62.7 cm³/mol. The van der Waals surface area contributed by atoms with Crippen molar-refractivity contribution < 1.29 is 5.11 Å². The van der Waals surface area contributed by atoms with Crippen molar-refractivity contribution in [2.75, 3.05) is 0 Å². The molecule has 1 heterocycles. The number of hydrogen-bond donors (Lipinski definition) is 1. The minimum absolute atomic E-state index is 0.611. The highest BCUT2D eigenvalue weighted by Crippen LogP contribution is 2.28. The van der Waals surface area contributed by atoms with Crippen LogP contribution in [0.3, 0.4) is 0 Å². The number of hydrogen-bond acceptors (Lipinski definition) is 3. The lowest BCUT2D eigenvalue weighted by Crippen LogP contribution is -1.86. The number of benzene rings is 1. The zero-order valence-electron chi connectivity index (χ0n) is 8.13. The van der Waals surface area contributed by atoms with Crippen LogP contribution in [0, 0.1) is 0 Å². The van der Waals surface area contributed by atoms with Crippen LogP contribution in [-0.4, -0.2) is 10.1 Å². The van der Waals surface area contributed by atoms with Crippen LogP contribution in [0.25, 0.3) is 10.6 Å². The van der Waals surface area contributed by atoms with Gasteiger partial charge in [-0.1, -0.05) is 36.4 Å². The molecular weight excluding hydrogens is 206 g/mol. The van der Waals surface area contributed by atoms with E-state index < -0.39 is 6.10 Å². The Morgan fingerprint density at radius 3 is 2.73 bits per heavy atom. The third-order valence-electron chi connectivity index (χ3n) is 2.06. The molecule has 0 aliphatic carbocycles. The maximum Gasteiger partial charge on any atom is 0.123 e. The van der Waals surface area contributed by atoms with Crippen LogP contribution in [0.15, 0.2) is 49.2 Å². The van der Waals surface area contributed by atoms with Crippen LogP contribution in [0.1, 0.15) is 11.0 Å². The van der Waals surface area contributed by atoms with E-state index in [1.165, 1.54) is 17.4 Å². The summed E-state index contributed by atoms with van der Waals surface area (Å²) in [4.78, 5) is 5.09. The first-order valence-electron chi connectivity index (χ1n) is 4.63. The number of aliphatic hydroxyl groups is 1. The molecule has 0 amide bonds. The van der Waals surface area contributed by atoms with Crippen molar-refractivity contribution in [1.82, 2.24) is 4.98 Å². The van der Waals surface area contributed by atoms with Crippen molar-refractivity contribution in [1.29, 1.82) is 0 Å². The Morgan fingerprint density at radius 2 is 2.07 bits per heavy atom. The van der Waals surface area contributed by atoms with Crippen molar-refractivity contribution in [3.63, 3.8) is 0 Å². The number of nitrogens with zero attached hydrogens (tertiary/aromatic N) is 1. The molecule has 0 radical (unpaired) electrons. The Kier molecular flexibility index (Phi) is 2.94. The fourth-order valence-corrected chi connectivity index (χ4v) is 2.16. The van der Waals surface area contributed by atoms with Gasteiger partial charge in [-0.05, 0) is 0 Å². The molecular formula is C12H11NOS. The molecule has 2 nitrogen and oxygen atoms in total. The highest BCUT2D eigenvalue weighted by molar-refractivity contribution is 7.15. The van der Waals surface area contributed by atoms with E-state index in [-0.39, 0.29) is 0 Å². The second-order valence-corrected chi connectivity index (χ2v) is 4.18. The fraction of sp³-hybridized carbons (Fsp3) is 0.0833. The molecule has 1 N–H and O–H groups in total. The monoisotopic (exact) mass is 217 g/mol. The van der Waals surface area contributed by atoms with E-state index >= 15 is 0 Å². The zero-order valence-corrected chi connectivity index (χ0v) is 8.95. The Bertz CT molecular complexity index is 450. The van der Waals surface area contributed by atoms with Gasteiger partial charge in [-0.25, -0.2) is 4.98 Å². The molecule has 2 rings (SSSR count). The molecule has 3 heteroatoms. The average molecular weight is 217 g/mol. The van der Waals surface area contributed by atoms with Gasteiger partial charge in [0.05, 0.1) is 4.88 Å². The van der Waals surface area contributed by atoms with Gasteiger partial charge in [-0.3, -0.25) is 0 Å². The van der Waals surface area contributed by atoms with Crippen LogP contribution in [-0.2, 0) is 0 Å². The second-order valence-electron chi connectivity index (χ2n) is 3.11. The zero-order chi connectivity index (χ0) is 10.7. The van der Waals surface area contributed by atoms with E-state index in [9.17, 15) is 5.11 Å². The minimum Gasteiger partial charge on any atom is -0.383 e. The van der Waals surface area contributed by atoms with Crippen LogP contribution in [0.4, 0.5) is 0 Å². The molecule has 76 valence electrons. The van der Waals surface area contributed by atoms with Crippen molar-refractivity contribution in [3.8, 4) is 10.6 Å². The number of aromatic nitrogens is 1. The number of aliphatic hydroxyl groups excluding tert-OH is 1. The van der Waals surface area contributed by atoms with E-state index in [0.717, 1.165) is 15.4 Å². The molecule has 0 spiro atoms. The van der Waals surface area contributed by atoms with E-state index in [0.29, 0.717) is 0 Å². The molecule has 0 fully saturated rings. The second kappa shape index (κ2) is 4.38. The molecule has 0 saturated carbocycles. The Morgan fingerprint density at radius 1 is 1.33 bits per heavy atom. The standard InChI is InChI=1S/C12H11NOS/c1-2-10(14)11-8-13-12(15-11)9-6-4-3-5-7-9/h2-8,10,14H,1H2. The summed E-state index contributed by atoms with van der Waals surface area (Å²) in [5.41, 5.74) is 1.07. The SMILES string of the molecule is C=CC(O)c1cnc(-c2ccccc2)s1. The molecule has 1 aromatic carbocycles. The third kappa shape index (κ3) is 2.14. The highest BCUT2D eigenvalue weighted by atomic mass is 32.1. The summed E-state index contributed by atoms with van der Waals surface area (Å²) in [6.45, 7) is 3.55. The first-order valence-corrected chi connectivity index (χ1v) is 5.44. The quantitative estimate of drug-likeness (QED) is 0.802. The molecule has 2 aromatic rings. The molecule has 0 saturated heterocycles. The summed E-state index contributed by atoms with van der Waals surface area (Å²) < 4.78 is 0. The lowest BCUT2D eigenvalue weighted by molar-refractivity contribution is 0.232. The van der Waals surface area contributed by atoms with Gasteiger partial charge in [0.2, 0.25) is 0 Å². The van der Waals surface area contributed by atoms with E-state index in [2.05, 4.69) is 11.6 Å². The van der Waals surface area contributed by atoms with Gasteiger partial charge < -0.3 is 5.11 Å². The lowest BCUT2D eigenvalue weighted by Gasteiger charge is -1.98. The van der Waals surface area contributed by atoms with Gasteiger partial charge in [0.1, 0.15) is 11.1 Å². The van der Waals surface area contributed by atoms with E-state index in [1.807, 2.05) is 30.3 Å². The first kappa shape index (κ1) is 10.1. The summed E-state index contributed by atoms with van der Waals surface area (Å²) in [6.07, 6.45) is 2.58. The molecule has 0 aliphatic rings. The van der Waals surface area contributed by atoms with Crippen LogP contribution >= 0.6 is 11.3 Å². The molecule has 15 heavy (non-hydrogen) atoms. The molecule has 1 aromatic heterocycles. The number of rotatable bonds is 3. The largest absolute Gasteiger partial charge is 0.383 e. The lowest BCUT2D eigenvalue weighted by atomic mass is 10.2. The first-order chi connectivity index (χ1) is 7.31. The maximum absolute atomic E-state index is 9.54. The fourth-order valence-electron chi connectivity index (χ4n) is 1.25. The maximum atomic E-state index is 9.54. The predicted octanol–water partition coefficient (Wildman–Crippen LogP) is 3.03. The van der Waals surface area contributed by atoms with Gasteiger partial charge in [-0.15, -0.1) is 17.9 Å².